The van der Waals surface area contributed by atoms with Crippen LogP contribution >= 0.6 is 0 Å². The average molecular weight is 168 g/mol. The minimum atomic E-state index is -0.403. The normalized spacial score (nSPS) is 10.0. The predicted octanol–water partition coefficient (Wildman–Crippen LogP) is 2.96. The Bertz CT molecular complexity index is 150. The van der Waals surface area contributed by atoms with Crippen LogP contribution in [0.5, 0.6) is 0 Å². The average Bonchev–Trinajstić information content (AvgIpc) is 2.07. The molecule has 2 heteroatoms. The fourth-order valence-electron chi connectivity index (χ4n) is 0.385. The van der Waals surface area contributed by atoms with Crippen molar-refractivity contribution in [3.8, 4) is 0 Å². The lowest BCUT2D eigenvalue weighted by atomic mass is 10.2. The van der Waals surface area contributed by atoms with Crippen molar-refractivity contribution in [2.24, 2.45) is 0 Å². The summed E-state index contributed by atoms with van der Waals surface area (Å²) in [5, 5.41) is 7.90. The second kappa shape index (κ2) is 5.75. The van der Waals surface area contributed by atoms with Crippen molar-refractivity contribution >= 4 is 0 Å². The van der Waals surface area contributed by atoms with E-state index >= 15 is 0 Å². The molecule has 2 nitrogen and oxygen atoms in total. The summed E-state index contributed by atoms with van der Waals surface area (Å²) in [7, 11) is 0. The molecule has 1 N–H and O–H groups in total. The van der Waals surface area contributed by atoms with Crippen molar-refractivity contribution in [2.75, 3.05) is 0 Å². The molecule has 1 rings (SSSR count). The van der Waals surface area contributed by atoms with Crippen LogP contribution in [0.2, 0.25) is 0 Å². The van der Waals surface area contributed by atoms with Gasteiger partial charge in [0.1, 0.15) is 0 Å². The number of hydrogen-bond donors (Lipinski definition) is 1. The van der Waals surface area contributed by atoms with Crippen molar-refractivity contribution in [1.82, 2.24) is 0 Å². The Morgan fingerprint density at radius 1 is 0.833 bits per heavy atom. The zero-order chi connectivity index (χ0) is 9.45. The molecule has 0 heterocycles. The van der Waals surface area contributed by atoms with Gasteiger partial charge in [-0.3, -0.25) is 5.26 Å². The molecule has 1 aromatic carbocycles. The highest BCUT2D eigenvalue weighted by Gasteiger charge is 2.06. The van der Waals surface area contributed by atoms with Gasteiger partial charge in [-0.15, -0.1) is 0 Å². The molecule has 0 fully saturated rings. The van der Waals surface area contributed by atoms with Crippen molar-refractivity contribution in [1.29, 1.82) is 0 Å². The van der Waals surface area contributed by atoms with Crippen LogP contribution in [-0.2, 0) is 4.89 Å². The van der Waals surface area contributed by atoms with Gasteiger partial charge in [-0.1, -0.05) is 36.4 Å². The van der Waals surface area contributed by atoms with Crippen LogP contribution in [0.1, 0.15) is 20.8 Å². The molecule has 0 spiro atoms. The van der Waals surface area contributed by atoms with Crippen molar-refractivity contribution in [3.05, 3.63) is 36.4 Å². The summed E-state index contributed by atoms with van der Waals surface area (Å²) in [5.41, 5.74) is -0.403. The van der Waals surface area contributed by atoms with Crippen molar-refractivity contribution in [3.63, 3.8) is 0 Å². The zero-order valence-electron chi connectivity index (χ0n) is 7.82. The summed E-state index contributed by atoms with van der Waals surface area (Å²) < 4.78 is 0. The fourth-order valence-corrected chi connectivity index (χ4v) is 0.385. The summed E-state index contributed by atoms with van der Waals surface area (Å²) in [5.74, 6) is 0. The molecule has 0 bridgehead atoms. The second-order valence-electron chi connectivity index (χ2n) is 3.36. The predicted molar refractivity (Wildman–Crippen MR) is 49.9 cm³/mol. The molecular formula is C10H16O2. The zero-order valence-corrected chi connectivity index (χ0v) is 7.82. The first-order valence-corrected chi connectivity index (χ1v) is 3.89. The molecule has 0 radical (unpaired) electrons. The molecule has 0 saturated carbocycles. The number of rotatable bonds is 0. The van der Waals surface area contributed by atoms with Crippen LogP contribution in [0, 0.1) is 0 Å². The van der Waals surface area contributed by atoms with Crippen molar-refractivity contribution < 1.29 is 10.1 Å². The Morgan fingerprint density at radius 3 is 1.08 bits per heavy atom. The summed E-state index contributed by atoms with van der Waals surface area (Å²) >= 11 is 0. The third kappa shape index (κ3) is 9.14. The first kappa shape index (κ1) is 11.1. The van der Waals surface area contributed by atoms with Gasteiger partial charge in [-0.25, -0.2) is 4.89 Å². The van der Waals surface area contributed by atoms with E-state index in [1.165, 1.54) is 0 Å². The fraction of sp³-hybridized carbons (Fsp3) is 0.400. The largest absolute Gasteiger partial charge is 0.251 e. The lowest BCUT2D eigenvalue weighted by Crippen LogP contribution is -2.15. The van der Waals surface area contributed by atoms with E-state index in [0.717, 1.165) is 0 Å². The maximum absolute atomic E-state index is 7.90. The molecule has 68 valence electrons. The van der Waals surface area contributed by atoms with Gasteiger partial charge in [-0.2, -0.15) is 0 Å². The minimum absolute atomic E-state index is 0.403. The summed E-state index contributed by atoms with van der Waals surface area (Å²) in [6.45, 7) is 5.31. The van der Waals surface area contributed by atoms with Crippen molar-refractivity contribution in [2.45, 2.75) is 26.4 Å². The SMILES string of the molecule is CC(C)(C)OO.c1ccccc1. The van der Waals surface area contributed by atoms with Gasteiger partial charge in [0.25, 0.3) is 0 Å². The molecule has 0 aliphatic heterocycles. The van der Waals surface area contributed by atoms with Crippen LogP contribution in [0.3, 0.4) is 0 Å². The van der Waals surface area contributed by atoms with E-state index in [2.05, 4.69) is 4.89 Å². The Balaban J connectivity index is 0.000000202. The molecule has 1 aromatic rings. The van der Waals surface area contributed by atoms with Crippen LogP contribution < -0.4 is 0 Å². The van der Waals surface area contributed by atoms with Crippen LogP contribution in [-0.4, -0.2) is 10.9 Å². The minimum Gasteiger partial charge on any atom is -0.251 e. The smallest absolute Gasteiger partial charge is 0.0949 e. The molecule has 0 aliphatic rings. The maximum atomic E-state index is 7.90. The Labute approximate surface area is 73.7 Å². The molecule has 0 unspecified atom stereocenters. The first-order chi connectivity index (χ1) is 5.56. The second-order valence-corrected chi connectivity index (χ2v) is 3.36. The molecule has 0 amide bonds. The molecule has 0 aliphatic carbocycles. The van der Waals surface area contributed by atoms with Gasteiger partial charge in [0.2, 0.25) is 0 Å². The van der Waals surface area contributed by atoms with E-state index in [4.69, 9.17) is 5.26 Å². The van der Waals surface area contributed by atoms with E-state index in [1.807, 2.05) is 36.4 Å². The molecule has 12 heavy (non-hydrogen) atoms. The van der Waals surface area contributed by atoms with Gasteiger partial charge in [0, 0.05) is 0 Å². The monoisotopic (exact) mass is 168 g/mol. The topological polar surface area (TPSA) is 29.5 Å². The van der Waals surface area contributed by atoms with Crippen LogP contribution in [0.4, 0.5) is 0 Å². The van der Waals surface area contributed by atoms with E-state index in [-0.39, 0.29) is 0 Å². The summed E-state index contributed by atoms with van der Waals surface area (Å²) in [6, 6.07) is 12.0. The standard InChI is InChI=1S/C6H6.C4H10O2/c1-2-4-6-5-3-1;1-4(2,3)6-5/h1-6H;5H,1-3H3. The van der Waals surface area contributed by atoms with Gasteiger partial charge < -0.3 is 0 Å². The van der Waals surface area contributed by atoms with Crippen LogP contribution in [0.25, 0.3) is 0 Å². The third-order valence-corrected chi connectivity index (χ3v) is 0.941. The Morgan fingerprint density at radius 2 is 1.00 bits per heavy atom. The van der Waals surface area contributed by atoms with E-state index < -0.39 is 5.60 Å². The molecule has 0 aromatic heterocycles. The van der Waals surface area contributed by atoms with E-state index in [0.29, 0.717) is 0 Å². The van der Waals surface area contributed by atoms with Gasteiger partial charge in [0.15, 0.2) is 0 Å². The van der Waals surface area contributed by atoms with Gasteiger partial charge >= 0.3 is 0 Å². The molecule has 0 saturated heterocycles. The number of benzene rings is 1. The summed E-state index contributed by atoms with van der Waals surface area (Å²) in [6.07, 6.45) is 0. The lowest BCUT2D eigenvalue weighted by Gasteiger charge is -2.10. The molecular weight excluding hydrogens is 152 g/mol. The lowest BCUT2D eigenvalue weighted by molar-refractivity contribution is -0.306. The van der Waals surface area contributed by atoms with E-state index in [1.54, 1.807) is 20.8 Å². The van der Waals surface area contributed by atoms with Gasteiger partial charge in [0.05, 0.1) is 5.60 Å². The number of hydrogen-bond acceptors (Lipinski definition) is 2. The van der Waals surface area contributed by atoms with Crippen LogP contribution in [0.15, 0.2) is 36.4 Å². The highest BCUT2D eigenvalue weighted by molar-refractivity contribution is 4.99. The Kier molecular flexibility index (Phi) is 5.34. The first-order valence-electron chi connectivity index (χ1n) is 3.89. The van der Waals surface area contributed by atoms with Gasteiger partial charge in [-0.05, 0) is 20.8 Å². The Hall–Kier alpha value is -0.860. The maximum Gasteiger partial charge on any atom is 0.0949 e. The highest BCUT2D eigenvalue weighted by Crippen LogP contribution is 2.01. The van der Waals surface area contributed by atoms with E-state index in [9.17, 15) is 0 Å². The molecule has 0 atom stereocenters. The quantitative estimate of drug-likeness (QED) is 0.476. The summed E-state index contributed by atoms with van der Waals surface area (Å²) in [4.78, 5) is 3.94. The highest BCUT2D eigenvalue weighted by atomic mass is 17.1. The third-order valence-electron chi connectivity index (χ3n) is 0.941.